The van der Waals surface area contributed by atoms with Crippen molar-refractivity contribution < 1.29 is 13.2 Å². The van der Waals surface area contributed by atoms with Gasteiger partial charge in [0.2, 0.25) is 5.82 Å². The molecule has 1 aromatic rings. The van der Waals surface area contributed by atoms with Crippen molar-refractivity contribution in [3.63, 3.8) is 0 Å². The van der Waals surface area contributed by atoms with Gasteiger partial charge in [0.05, 0.1) is 6.67 Å². The van der Waals surface area contributed by atoms with E-state index in [2.05, 4.69) is 15.5 Å². The summed E-state index contributed by atoms with van der Waals surface area (Å²) in [6.07, 6.45) is -4.06. The van der Waals surface area contributed by atoms with Crippen molar-refractivity contribution >= 4 is 0 Å². The van der Waals surface area contributed by atoms with Gasteiger partial charge >= 0.3 is 6.18 Å². The maximum atomic E-state index is 12.2. The Bertz CT molecular complexity index is 316. The van der Waals surface area contributed by atoms with Gasteiger partial charge in [-0.2, -0.15) is 13.2 Å². The van der Waals surface area contributed by atoms with Crippen LogP contribution in [0.1, 0.15) is 11.6 Å². The monoisotopic (exact) mass is 191 g/mol. The van der Waals surface area contributed by atoms with E-state index in [1.165, 1.54) is 0 Å². The lowest BCUT2D eigenvalue weighted by Gasteiger charge is -2.16. The van der Waals surface area contributed by atoms with Crippen LogP contribution < -0.4 is 5.32 Å². The highest BCUT2D eigenvalue weighted by Crippen LogP contribution is 2.28. The van der Waals surface area contributed by atoms with E-state index in [-0.39, 0.29) is 6.67 Å². The fourth-order valence-electron chi connectivity index (χ4n) is 1.18. The molecule has 0 unspecified atom stereocenters. The molecular weight excluding hydrogens is 185 g/mol. The van der Waals surface area contributed by atoms with Gasteiger partial charge in [-0.15, -0.1) is 10.2 Å². The lowest BCUT2D eigenvalue weighted by molar-refractivity contribution is -0.147. The van der Waals surface area contributed by atoms with Crippen LogP contribution in [0.2, 0.25) is 0 Å². The molecule has 71 valence electrons. The fourth-order valence-corrected chi connectivity index (χ4v) is 1.18. The number of hydrogen-bond donors (Lipinski definition) is 1. The Morgan fingerprint density at radius 2 is 2.15 bits per heavy atom. The highest BCUT2D eigenvalue weighted by atomic mass is 19.4. The Labute approximate surface area is 71.8 Å². The smallest absolute Gasteiger partial charge is 0.295 e. The Morgan fingerprint density at radius 1 is 1.38 bits per heavy atom. The molecule has 1 N–H and O–H groups in total. The molecule has 13 heavy (non-hydrogen) atoms. The number of halogens is 3. The number of rotatable bonds is 0. The lowest BCUT2D eigenvalue weighted by atomic mass is 10.3. The van der Waals surface area contributed by atoms with Crippen molar-refractivity contribution in [3.8, 4) is 0 Å². The number of nitrogens with zero attached hydrogens (tertiary/aromatic N) is 3. The molecule has 1 aliphatic rings. The van der Waals surface area contributed by atoms with E-state index in [9.17, 15) is 13.2 Å². The van der Waals surface area contributed by atoms with Gasteiger partial charge in [-0.25, -0.2) is 0 Å². The first kappa shape index (κ1) is 8.49. The summed E-state index contributed by atoms with van der Waals surface area (Å²) in [6, 6.07) is 0. The minimum absolute atomic E-state index is 0.0805. The van der Waals surface area contributed by atoms with Crippen LogP contribution in [-0.4, -0.2) is 14.8 Å². The van der Waals surface area contributed by atoms with Crippen molar-refractivity contribution in [1.29, 1.82) is 0 Å². The maximum absolute atomic E-state index is 12.2. The zero-order valence-electron chi connectivity index (χ0n) is 6.47. The third-order valence-electron chi connectivity index (χ3n) is 1.76. The summed E-state index contributed by atoms with van der Waals surface area (Å²) in [4.78, 5) is 0. The van der Waals surface area contributed by atoms with Crippen LogP contribution in [-0.2, 0) is 19.3 Å². The summed E-state index contributed by atoms with van der Waals surface area (Å²) in [6.45, 7) is 1.74. The summed E-state index contributed by atoms with van der Waals surface area (Å²) < 4.78 is 37.8. The molecule has 4 nitrogen and oxygen atoms in total. The van der Waals surface area contributed by atoms with E-state index >= 15 is 0 Å². The van der Waals surface area contributed by atoms with Crippen molar-refractivity contribution in [1.82, 2.24) is 20.1 Å². The molecule has 0 amide bonds. The molecule has 7 heteroatoms. The number of hydrogen-bond acceptors (Lipinski definition) is 3. The Morgan fingerprint density at radius 3 is 2.85 bits per heavy atom. The molecule has 1 aliphatic heterocycles. The van der Waals surface area contributed by atoms with E-state index < -0.39 is 12.0 Å². The molecule has 1 aromatic heterocycles. The quantitative estimate of drug-likeness (QED) is 0.651. The highest BCUT2D eigenvalue weighted by Gasteiger charge is 2.38. The summed E-state index contributed by atoms with van der Waals surface area (Å²) in [5.41, 5.74) is 0. The van der Waals surface area contributed by atoms with Crippen molar-refractivity contribution in [2.45, 2.75) is 19.3 Å². The van der Waals surface area contributed by atoms with Crippen molar-refractivity contribution in [3.05, 3.63) is 18.2 Å². The van der Waals surface area contributed by atoms with Gasteiger partial charge in [-0.3, -0.25) is 9.88 Å². The van der Waals surface area contributed by atoms with E-state index in [0.717, 1.165) is 4.57 Å². The number of alkyl halides is 3. The zero-order chi connectivity index (χ0) is 9.47. The van der Waals surface area contributed by atoms with Gasteiger partial charge in [0, 0.05) is 13.0 Å². The predicted molar refractivity (Wildman–Crippen MR) is 36.2 cm³/mol. The molecular formula is C6H6F3N4. The Kier molecular flexibility index (Phi) is 1.76. The van der Waals surface area contributed by atoms with Gasteiger partial charge < -0.3 is 0 Å². The second-order valence-electron chi connectivity index (χ2n) is 2.64. The molecule has 0 fully saturated rings. The predicted octanol–water partition coefficient (Wildman–Crippen LogP) is 0.562. The van der Waals surface area contributed by atoms with E-state index in [0.29, 0.717) is 12.2 Å². The van der Waals surface area contributed by atoms with Crippen LogP contribution in [0, 0.1) is 6.54 Å². The molecule has 0 spiro atoms. The molecule has 0 atom stereocenters. The largest absolute Gasteiger partial charge is 0.451 e. The molecule has 0 saturated carbocycles. The van der Waals surface area contributed by atoms with Gasteiger partial charge in [0.15, 0.2) is 0 Å². The minimum Gasteiger partial charge on any atom is -0.295 e. The summed E-state index contributed by atoms with van der Waals surface area (Å²) in [5.74, 6) is -0.603. The number of aromatic nitrogens is 3. The SMILES string of the molecule is FC(F)(F)c1nnc2n1CN[CH]C2. The molecule has 0 aliphatic carbocycles. The van der Waals surface area contributed by atoms with Crippen LogP contribution in [0.5, 0.6) is 0 Å². The molecule has 2 heterocycles. The van der Waals surface area contributed by atoms with Gasteiger partial charge in [0.1, 0.15) is 5.82 Å². The second kappa shape index (κ2) is 2.69. The van der Waals surface area contributed by atoms with Gasteiger partial charge in [-0.1, -0.05) is 0 Å². The summed E-state index contributed by atoms with van der Waals surface area (Å²) in [7, 11) is 0. The average Bonchev–Trinajstić information content (AvgIpc) is 2.45. The zero-order valence-corrected chi connectivity index (χ0v) is 6.47. The Hall–Kier alpha value is -1.11. The Balaban J connectivity index is 2.43. The maximum Gasteiger partial charge on any atom is 0.451 e. The first-order valence-corrected chi connectivity index (χ1v) is 3.63. The van der Waals surface area contributed by atoms with E-state index in [1.807, 2.05) is 0 Å². The molecule has 2 rings (SSSR count). The molecule has 0 aromatic carbocycles. The first-order chi connectivity index (χ1) is 6.09. The van der Waals surface area contributed by atoms with Crippen LogP contribution in [0.15, 0.2) is 0 Å². The van der Waals surface area contributed by atoms with Crippen LogP contribution in [0.3, 0.4) is 0 Å². The third-order valence-corrected chi connectivity index (χ3v) is 1.76. The van der Waals surface area contributed by atoms with Crippen LogP contribution in [0.4, 0.5) is 13.2 Å². The summed E-state index contributed by atoms with van der Waals surface area (Å²) in [5, 5.41) is 9.24. The highest BCUT2D eigenvalue weighted by molar-refractivity contribution is 5.03. The molecule has 0 bridgehead atoms. The topological polar surface area (TPSA) is 42.7 Å². The standard InChI is InChI=1S/C6H6F3N4/c7-6(8,9)5-12-11-4-1-2-10-3-13(4)5/h2,10H,1,3H2. The first-order valence-electron chi connectivity index (χ1n) is 3.63. The van der Waals surface area contributed by atoms with E-state index in [4.69, 9.17) is 0 Å². The van der Waals surface area contributed by atoms with Crippen molar-refractivity contribution in [2.24, 2.45) is 0 Å². The fraction of sp³-hybridized carbons (Fsp3) is 0.500. The molecule has 0 saturated heterocycles. The number of fused-ring (bicyclic) bond motifs is 1. The van der Waals surface area contributed by atoms with Crippen molar-refractivity contribution in [2.75, 3.05) is 0 Å². The normalized spacial score (nSPS) is 17.2. The minimum atomic E-state index is -4.43. The number of nitrogens with one attached hydrogen (secondary N) is 1. The second-order valence-corrected chi connectivity index (χ2v) is 2.64. The van der Waals surface area contributed by atoms with Gasteiger partial charge in [0.25, 0.3) is 0 Å². The average molecular weight is 191 g/mol. The van der Waals surface area contributed by atoms with E-state index in [1.54, 1.807) is 6.54 Å². The molecule has 1 radical (unpaired) electrons. The van der Waals surface area contributed by atoms with Gasteiger partial charge in [-0.05, 0) is 0 Å². The van der Waals surface area contributed by atoms with Crippen LogP contribution in [0.25, 0.3) is 0 Å². The summed E-state index contributed by atoms with van der Waals surface area (Å²) >= 11 is 0. The third kappa shape index (κ3) is 1.39. The van der Waals surface area contributed by atoms with Crippen LogP contribution >= 0.6 is 0 Å². The lowest BCUT2D eigenvalue weighted by Crippen LogP contribution is -2.28.